The van der Waals surface area contributed by atoms with Crippen LogP contribution in [0.3, 0.4) is 0 Å². The summed E-state index contributed by atoms with van der Waals surface area (Å²) < 4.78 is 0. The number of hydrogen-bond donors (Lipinski definition) is 0. The van der Waals surface area contributed by atoms with Crippen LogP contribution in [-0.2, 0) is 5.41 Å². The summed E-state index contributed by atoms with van der Waals surface area (Å²) in [6.45, 7) is 8.30. The van der Waals surface area contributed by atoms with Crippen molar-refractivity contribution in [3.63, 3.8) is 0 Å². The summed E-state index contributed by atoms with van der Waals surface area (Å²) in [5.41, 5.74) is 14.7. The van der Waals surface area contributed by atoms with E-state index in [0.717, 1.165) is 17.1 Å². The minimum Gasteiger partial charge on any atom is -0.311 e. The van der Waals surface area contributed by atoms with E-state index in [2.05, 4.69) is 212 Å². The molecule has 0 amide bonds. The number of nitrogens with zero attached hydrogens (tertiary/aromatic N) is 1. The number of fused-ring (bicyclic) bond motifs is 4. The predicted octanol–water partition coefficient (Wildman–Crippen LogP) is 13.9. The van der Waals surface area contributed by atoms with Crippen molar-refractivity contribution < 1.29 is 0 Å². The molecule has 1 aliphatic rings. The van der Waals surface area contributed by atoms with Crippen molar-refractivity contribution in [3.05, 3.63) is 253 Å². The third kappa shape index (κ3) is 5.50. The quantitative estimate of drug-likeness (QED) is 0.136. The van der Waals surface area contributed by atoms with Crippen LogP contribution in [0.2, 0.25) is 0 Å². The van der Waals surface area contributed by atoms with Gasteiger partial charge in [0.1, 0.15) is 0 Å². The lowest BCUT2D eigenvalue weighted by Gasteiger charge is -2.35. The molecule has 0 fully saturated rings. The van der Waals surface area contributed by atoms with Gasteiger partial charge in [-0.15, -0.1) is 0 Å². The first kappa shape index (κ1) is 32.9. The average Bonchev–Trinajstić information content (AvgIpc) is 3.54. The molecular weight excluding hydrogens is 651 g/mol. The topological polar surface area (TPSA) is 3.24 Å². The van der Waals surface area contributed by atoms with Gasteiger partial charge in [0, 0.05) is 17.1 Å². The molecule has 0 spiro atoms. The highest BCUT2D eigenvalue weighted by Gasteiger charge is 2.46. The van der Waals surface area contributed by atoms with Gasteiger partial charge in [0.2, 0.25) is 0 Å². The Morgan fingerprint density at radius 2 is 0.926 bits per heavy atom. The molecule has 1 heteroatoms. The van der Waals surface area contributed by atoms with Crippen LogP contribution in [0.15, 0.2) is 231 Å². The second-order valence-corrected chi connectivity index (χ2v) is 13.8. The van der Waals surface area contributed by atoms with E-state index >= 15 is 0 Å². The largest absolute Gasteiger partial charge is 0.311 e. The molecule has 0 aromatic heterocycles. The van der Waals surface area contributed by atoms with E-state index in [0.29, 0.717) is 0 Å². The molecule has 9 rings (SSSR count). The summed E-state index contributed by atoms with van der Waals surface area (Å²) in [4.78, 5) is 2.29. The van der Waals surface area contributed by atoms with E-state index in [4.69, 9.17) is 0 Å². The summed E-state index contributed by atoms with van der Waals surface area (Å²) >= 11 is 0. The molecule has 0 bridgehead atoms. The van der Waals surface area contributed by atoms with Crippen LogP contribution >= 0.6 is 0 Å². The van der Waals surface area contributed by atoms with E-state index < -0.39 is 5.41 Å². The lowest BCUT2D eigenvalue weighted by atomic mass is 9.67. The number of rotatable bonds is 9. The van der Waals surface area contributed by atoms with Crippen LogP contribution in [0.5, 0.6) is 0 Å². The first-order chi connectivity index (χ1) is 26.7. The smallest absolute Gasteiger partial charge is 0.0714 e. The van der Waals surface area contributed by atoms with Gasteiger partial charge in [-0.3, -0.25) is 0 Å². The molecule has 54 heavy (non-hydrogen) atoms. The summed E-state index contributed by atoms with van der Waals surface area (Å²) in [6.07, 6.45) is 5.77. The lowest BCUT2D eigenvalue weighted by molar-refractivity contribution is 0.768. The van der Waals surface area contributed by atoms with E-state index in [-0.39, 0.29) is 0 Å². The van der Waals surface area contributed by atoms with Gasteiger partial charge in [-0.1, -0.05) is 177 Å². The molecular formula is C53H39N. The first-order valence-corrected chi connectivity index (χ1v) is 18.5. The monoisotopic (exact) mass is 689 g/mol. The fourth-order valence-electron chi connectivity index (χ4n) is 8.40. The number of anilines is 2. The highest BCUT2D eigenvalue weighted by Crippen LogP contribution is 2.57. The first-order valence-electron chi connectivity index (χ1n) is 18.5. The standard InChI is InChI=1S/C53H39N/c1-3-16-46(4-2)54(47-30-27-40(28-31-47)38-17-8-5-9-18-38)48-32-34-50-49-33-29-43(42-26-25-39-19-14-15-20-41(39)35-42)36-51(49)53(52(50)37-48,44-21-10-6-11-22-44)45-23-12-7-13-24-45/h3-37H,1-2H2/b46-16+. The summed E-state index contributed by atoms with van der Waals surface area (Å²) in [5.74, 6) is 0. The Morgan fingerprint density at radius 3 is 1.57 bits per heavy atom. The SMILES string of the molecule is C=C/C=C(\C=C)N(c1ccc(-c2ccccc2)cc1)c1ccc2c(c1)C(c1ccccc1)(c1ccccc1)c1cc(-c3ccc4ccccc4c3)ccc1-2. The Bertz CT molecular complexity index is 2630. The second-order valence-electron chi connectivity index (χ2n) is 13.8. The van der Waals surface area contributed by atoms with E-state index in [9.17, 15) is 0 Å². The fraction of sp³-hybridized carbons (Fsp3) is 0.0189. The predicted molar refractivity (Wildman–Crippen MR) is 229 cm³/mol. The highest BCUT2D eigenvalue weighted by molar-refractivity contribution is 5.92. The minimum absolute atomic E-state index is 0.574. The minimum atomic E-state index is -0.574. The zero-order valence-corrected chi connectivity index (χ0v) is 30.1. The molecule has 0 aliphatic heterocycles. The average molecular weight is 690 g/mol. The van der Waals surface area contributed by atoms with E-state index in [1.54, 1.807) is 0 Å². The molecule has 8 aromatic rings. The van der Waals surface area contributed by atoms with Gasteiger partial charge in [-0.2, -0.15) is 0 Å². The van der Waals surface area contributed by atoms with Gasteiger partial charge in [-0.05, 0) is 115 Å². The Morgan fingerprint density at radius 1 is 0.426 bits per heavy atom. The normalized spacial score (nSPS) is 12.9. The Balaban J connectivity index is 1.28. The van der Waals surface area contributed by atoms with E-state index in [1.165, 1.54) is 66.4 Å². The molecule has 0 saturated heterocycles. The molecule has 8 aromatic carbocycles. The van der Waals surface area contributed by atoms with E-state index in [1.807, 2.05) is 18.2 Å². The maximum Gasteiger partial charge on any atom is 0.0714 e. The van der Waals surface area contributed by atoms with Crippen molar-refractivity contribution >= 4 is 22.1 Å². The van der Waals surface area contributed by atoms with Crippen molar-refractivity contribution in [2.45, 2.75) is 5.41 Å². The molecule has 0 saturated carbocycles. The van der Waals surface area contributed by atoms with Gasteiger partial charge < -0.3 is 4.90 Å². The zero-order valence-electron chi connectivity index (χ0n) is 30.1. The Kier molecular flexibility index (Phi) is 8.46. The van der Waals surface area contributed by atoms with Crippen molar-refractivity contribution in [1.82, 2.24) is 0 Å². The maximum atomic E-state index is 4.25. The van der Waals surface area contributed by atoms with Crippen LogP contribution < -0.4 is 4.90 Å². The van der Waals surface area contributed by atoms with Crippen LogP contribution in [0.25, 0.3) is 44.2 Å². The fourth-order valence-corrected chi connectivity index (χ4v) is 8.40. The summed E-state index contributed by atoms with van der Waals surface area (Å²) in [6, 6.07) is 70.7. The van der Waals surface area contributed by atoms with Crippen molar-refractivity contribution in [2.24, 2.45) is 0 Å². The number of allylic oxidation sites excluding steroid dienone is 3. The molecule has 0 atom stereocenters. The summed E-state index contributed by atoms with van der Waals surface area (Å²) in [5, 5.41) is 2.48. The van der Waals surface area contributed by atoms with Crippen molar-refractivity contribution in [1.29, 1.82) is 0 Å². The van der Waals surface area contributed by atoms with Crippen molar-refractivity contribution in [2.75, 3.05) is 4.90 Å². The summed E-state index contributed by atoms with van der Waals surface area (Å²) in [7, 11) is 0. The molecule has 256 valence electrons. The highest BCUT2D eigenvalue weighted by atomic mass is 15.1. The van der Waals surface area contributed by atoms with Gasteiger partial charge in [-0.25, -0.2) is 0 Å². The molecule has 1 nitrogen and oxygen atoms in total. The molecule has 0 heterocycles. The Hall–Kier alpha value is -6.96. The van der Waals surface area contributed by atoms with Gasteiger partial charge >= 0.3 is 0 Å². The molecule has 0 radical (unpaired) electrons. The number of benzene rings is 8. The maximum absolute atomic E-state index is 4.25. The Labute approximate surface area is 318 Å². The second kappa shape index (κ2) is 13.9. The third-order valence-corrected chi connectivity index (χ3v) is 10.9. The van der Waals surface area contributed by atoms with Gasteiger partial charge in [0.25, 0.3) is 0 Å². The molecule has 1 aliphatic carbocycles. The number of hydrogen-bond acceptors (Lipinski definition) is 1. The third-order valence-electron chi connectivity index (χ3n) is 10.9. The van der Waals surface area contributed by atoms with Crippen LogP contribution in [0, 0.1) is 0 Å². The lowest BCUT2D eigenvalue weighted by Crippen LogP contribution is -2.29. The molecule has 0 N–H and O–H groups in total. The molecule has 0 unspecified atom stereocenters. The zero-order chi connectivity index (χ0) is 36.5. The van der Waals surface area contributed by atoms with Gasteiger partial charge in [0.15, 0.2) is 0 Å². The van der Waals surface area contributed by atoms with Crippen LogP contribution in [-0.4, -0.2) is 0 Å². The van der Waals surface area contributed by atoms with Crippen LogP contribution in [0.1, 0.15) is 22.3 Å². The van der Waals surface area contributed by atoms with Gasteiger partial charge in [0.05, 0.1) is 5.41 Å². The van der Waals surface area contributed by atoms with Crippen LogP contribution in [0.4, 0.5) is 11.4 Å². The van der Waals surface area contributed by atoms with Crippen molar-refractivity contribution in [3.8, 4) is 33.4 Å².